The highest BCUT2D eigenvalue weighted by atomic mass is 19.1. The Hall–Kier alpha value is -2.47. The Kier molecular flexibility index (Phi) is 6.52. The summed E-state index contributed by atoms with van der Waals surface area (Å²) in [4.78, 5) is 24.1. The van der Waals surface area contributed by atoms with Gasteiger partial charge in [-0.3, -0.25) is 4.79 Å². The first-order valence-electron chi connectivity index (χ1n) is 10.2. The maximum atomic E-state index is 13.4. The predicted octanol–water partition coefficient (Wildman–Crippen LogP) is 3.94. The van der Waals surface area contributed by atoms with Crippen molar-refractivity contribution in [1.29, 1.82) is 0 Å². The van der Waals surface area contributed by atoms with Crippen LogP contribution >= 0.6 is 0 Å². The zero-order valence-corrected chi connectivity index (χ0v) is 17.9. The van der Waals surface area contributed by atoms with Crippen molar-refractivity contribution in [1.82, 2.24) is 9.88 Å². The molecule has 1 aromatic carbocycles. The topological polar surface area (TPSA) is 39.7 Å². The number of hydrogen-bond acceptors (Lipinski definition) is 4. The molecule has 6 heteroatoms. The van der Waals surface area contributed by atoms with Crippen LogP contribution in [0.4, 0.5) is 15.9 Å². The van der Waals surface area contributed by atoms with E-state index in [2.05, 4.69) is 21.8 Å². The Bertz CT molecular complexity index is 814. The zero-order chi connectivity index (χ0) is 21.0. The molecule has 29 heavy (non-hydrogen) atoms. The van der Waals surface area contributed by atoms with Crippen LogP contribution in [0.1, 0.15) is 32.8 Å². The fourth-order valence-electron chi connectivity index (χ4n) is 3.46. The van der Waals surface area contributed by atoms with Crippen molar-refractivity contribution < 1.29 is 9.18 Å². The highest BCUT2D eigenvalue weighted by Gasteiger charge is 2.28. The van der Waals surface area contributed by atoms with Crippen molar-refractivity contribution in [2.75, 3.05) is 43.0 Å². The summed E-state index contributed by atoms with van der Waals surface area (Å²) < 4.78 is 13.4. The fraction of sp³-hybridized carbons (Fsp3) is 0.478. The van der Waals surface area contributed by atoms with Gasteiger partial charge in [-0.25, -0.2) is 9.37 Å². The summed E-state index contributed by atoms with van der Waals surface area (Å²) in [6.45, 7) is 10.2. The van der Waals surface area contributed by atoms with Gasteiger partial charge in [0, 0.05) is 36.9 Å². The predicted molar refractivity (Wildman–Crippen MR) is 116 cm³/mol. The Labute approximate surface area is 173 Å². The molecular weight excluding hydrogens is 367 g/mol. The molecule has 156 valence electrons. The van der Waals surface area contributed by atoms with Crippen LogP contribution in [0.5, 0.6) is 0 Å². The first-order chi connectivity index (χ1) is 13.7. The number of amides is 1. The van der Waals surface area contributed by atoms with Crippen molar-refractivity contribution in [3.63, 3.8) is 0 Å². The summed E-state index contributed by atoms with van der Waals surface area (Å²) in [6, 6.07) is 10.1. The number of anilines is 2. The van der Waals surface area contributed by atoms with Gasteiger partial charge in [0.25, 0.3) is 0 Å². The third-order valence-electron chi connectivity index (χ3n) is 5.22. The van der Waals surface area contributed by atoms with Gasteiger partial charge in [0.1, 0.15) is 11.6 Å². The summed E-state index contributed by atoms with van der Waals surface area (Å²) in [5.74, 6) is 0.647. The molecule has 1 amide bonds. The summed E-state index contributed by atoms with van der Waals surface area (Å²) in [5.41, 5.74) is 1.09. The first kappa shape index (κ1) is 21.2. The van der Waals surface area contributed by atoms with Crippen molar-refractivity contribution in [2.45, 2.75) is 33.7 Å². The summed E-state index contributed by atoms with van der Waals surface area (Å²) in [7, 11) is 2.15. The van der Waals surface area contributed by atoms with E-state index in [4.69, 9.17) is 0 Å². The Morgan fingerprint density at radius 1 is 1.07 bits per heavy atom. The second kappa shape index (κ2) is 8.91. The molecule has 0 aliphatic carbocycles. The number of carbonyl (C=O) groups excluding carboxylic acids is 1. The Balaban J connectivity index is 1.78. The number of carbonyl (C=O) groups is 1. The van der Waals surface area contributed by atoms with Crippen molar-refractivity contribution in [2.24, 2.45) is 5.41 Å². The lowest BCUT2D eigenvalue weighted by molar-refractivity contribution is -0.125. The van der Waals surface area contributed by atoms with E-state index in [1.165, 1.54) is 12.1 Å². The van der Waals surface area contributed by atoms with Crippen LogP contribution in [0.2, 0.25) is 0 Å². The highest BCUT2D eigenvalue weighted by molar-refractivity contribution is 5.96. The molecule has 3 rings (SSSR count). The van der Waals surface area contributed by atoms with Gasteiger partial charge >= 0.3 is 0 Å². The SMILES string of the molecule is CN1CCCN(c2ccc(CN(C(=O)C(C)(C)C)c3ccc(F)cc3)cn2)CC1. The molecule has 0 unspecified atom stereocenters. The zero-order valence-electron chi connectivity index (χ0n) is 17.9. The van der Waals surface area contributed by atoms with Gasteiger partial charge < -0.3 is 14.7 Å². The monoisotopic (exact) mass is 398 g/mol. The molecule has 1 saturated heterocycles. The molecule has 1 aliphatic heterocycles. The third kappa shape index (κ3) is 5.54. The van der Waals surface area contributed by atoms with E-state index in [1.54, 1.807) is 17.0 Å². The smallest absolute Gasteiger partial charge is 0.232 e. The number of hydrogen-bond donors (Lipinski definition) is 0. The van der Waals surface area contributed by atoms with Crippen molar-refractivity contribution >= 4 is 17.4 Å². The van der Waals surface area contributed by atoms with E-state index in [-0.39, 0.29) is 11.7 Å². The van der Waals surface area contributed by atoms with Crippen LogP contribution in [-0.2, 0) is 11.3 Å². The number of likely N-dealkylation sites (N-methyl/N-ethyl adjacent to an activating group) is 1. The molecule has 0 spiro atoms. The van der Waals surface area contributed by atoms with Gasteiger partial charge in [-0.1, -0.05) is 26.8 Å². The number of pyridine rings is 1. The molecule has 0 bridgehead atoms. The number of benzene rings is 1. The van der Waals surface area contributed by atoms with Crippen LogP contribution in [0.15, 0.2) is 42.6 Å². The Morgan fingerprint density at radius 2 is 1.79 bits per heavy atom. The average Bonchev–Trinajstić information content (AvgIpc) is 2.91. The lowest BCUT2D eigenvalue weighted by atomic mass is 9.94. The van der Waals surface area contributed by atoms with Gasteiger partial charge in [-0.15, -0.1) is 0 Å². The van der Waals surface area contributed by atoms with Gasteiger partial charge in [0.2, 0.25) is 5.91 Å². The minimum absolute atomic E-state index is 0.0104. The third-order valence-corrected chi connectivity index (χ3v) is 5.22. The molecule has 2 heterocycles. The average molecular weight is 399 g/mol. The molecule has 0 atom stereocenters. The van der Waals surface area contributed by atoms with Crippen LogP contribution in [0.3, 0.4) is 0 Å². The normalized spacial score (nSPS) is 15.8. The summed E-state index contributed by atoms with van der Waals surface area (Å²) in [6.07, 6.45) is 2.97. The number of aromatic nitrogens is 1. The van der Waals surface area contributed by atoms with Gasteiger partial charge in [0.05, 0.1) is 6.54 Å². The van der Waals surface area contributed by atoms with Gasteiger partial charge in [0.15, 0.2) is 0 Å². The molecule has 1 aromatic heterocycles. The van der Waals surface area contributed by atoms with E-state index in [0.717, 1.165) is 44.0 Å². The van der Waals surface area contributed by atoms with E-state index in [1.807, 2.05) is 39.1 Å². The van der Waals surface area contributed by atoms with Crippen LogP contribution < -0.4 is 9.80 Å². The number of nitrogens with zero attached hydrogens (tertiary/aromatic N) is 4. The molecule has 0 saturated carbocycles. The molecule has 1 aliphatic rings. The van der Waals surface area contributed by atoms with Crippen molar-refractivity contribution in [3.05, 3.63) is 54.0 Å². The maximum absolute atomic E-state index is 13.4. The number of halogens is 1. The quantitative estimate of drug-likeness (QED) is 0.782. The standard InChI is InChI=1S/C23H31FN4O/c1-23(2,3)22(29)28(20-9-7-19(24)8-10-20)17-18-6-11-21(25-16-18)27-13-5-12-26(4)14-15-27/h6-11,16H,5,12-15,17H2,1-4H3. The lowest BCUT2D eigenvalue weighted by Crippen LogP contribution is -2.39. The Morgan fingerprint density at radius 3 is 2.41 bits per heavy atom. The summed E-state index contributed by atoms with van der Waals surface area (Å²) in [5, 5.41) is 0. The highest BCUT2D eigenvalue weighted by Crippen LogP contribution is 2.26. The van der Waals surface area contributed by atoms with Gasteiger partial charge in [-0.05, 0) is 55.9 Å². The van der Waals surface area contributed by atoms with Crippen LogP contribution in [0, 0.1) is 11.2 Å². The largest absolute Gasteiger partial charge is 0.355 e. The summed E-state index contributed by atoms with van der Waals surface area (Å²) >= 11 is 0. The van der Waals surface area contributed by atoms with Gasteiger partial charge in [-0.2, -0.15) is 0 Å². The lowest BCUT2D eigenvalue weighted by Gasteiger charge is -2.30. The van der Waals surface area contributed by atoms with Crippen LogP contribution in [-0.4, -0.2) is 49.0 Å². The van der Waals surface area contributed by atoms with E-state index >= 15 is 0 Å². The second-order valence-corrected chi connectivity index (χ2v) is 8.79. The molecule has 0 N–H and O–H groups in total. The molecule has 0 radical (unpaired) electrons. The second-order valence-electron chi connectivity index (χ2n) is 8.79. The molecular formula is C23H31FN4O. The number of rotatable bonds is 4. The minimum atomic E-state index is -0.542. The van der Waals surface area contributed by atoms with E-state index in [9.17, 15) is 9.18 Å². The van der Waals surface area contributed by atoms with E-state index < -0.39 is 5.41 Å². The minimum Gasteiger partial charge on any atom is -0.355 e. The first-order valence-corrected chi connectivity index (χ1v) is 10.2. The molecule has 1 fully saturated rings. The fourth-order valence-corrected chi connectivity index (χ4v) is 3.46. The molecule has 5 nitrogen and oxygen atoms in total. The van der Waals surface area contributed by atoms with E-state index in [0.29, 0.717) is 12.2 Å². The molecule has 2 aromatic rings. The van der Waals surface area contributed by atoms with Crippen molar-refractivity contribution in [3.8, 4) is 0 Å². The maximum Gasteiger partial charge on any atom is 0.232 e. The van der Waals surface area contributed by atoms with Crippen LogP contribution in [0.25, 0.3) is 0 Å².